The molecular formula is C14H21ClN2O. The zero-order valence-electron chi connectivity index (χ0n) is 11.0. The van der Waals surface area contributed by atoms with Gasteiger partial charge in [0.1, 0.15) is 12.4 Å². The zero-order chi connectivity index (χ0) is 13.0. The van der Waals surface area contributed by atoms with Crippen LogP contribution >= 0.6 is 11.6 Å². The van der Waals surface area contributed by atoms with Crippen molar-refractivity contribution < 1.29 is 4.74 Å². The van der Waals surface area contributed by atoms with Crippen molar-refractivity contribution in [2.24, 2.45) is 0 Å². The van der Waals surface area contributed by atoms with E-state index in [1.54, 1.807) is 0 Å². The summed E-state index contributed by atoms with van der Waals surface area (Å²) < 4.78 is 5.71. The van der Waals surface area contributed by atoms with Crippen LogP contribution in [0.5, 0.6) is 5.75 Å². The molecule has 1 aliphatic heterocycles. The summed E-state index contributed by atoms with van der Waals surface area (Å²) in [4.78, 5) is 2.44. The molecule has 0 saturated carbocycles. The van der Waals surface area contributed by atoms with E-state index >= 15 is 0 Å². The van der Waals surface area contributed by atoms with E-state index in [1.807, 2.05) is 24.3 Å². The van der Waals surface area contributed by atoms with Gasteiger partial charge >= 0.3 is 0 Å². The van der Waals surface area contributed by atoms with Crippen molar-refractivity contribution in [2.45, 2.75) is 25.9 Å². The predicted octanol–water partition coefficient (Wildman–Crippen LogP) is 2.40. The van der Waals surface area contributed by atoms with Gasteiger partial charge in [-0.2, -0.15) is 0 Å². The fraction of sp³-hybridized carbons (Fsp3) is 0.571. The van der Waals surface area contributed by atoms with E-state index in [1.165, 1.54) is 0 Å². The molecule has 2 atom stereocenters. The Kier molecular flexibility index (Phi) is 4.87. The Balaban J connectivity index is 1.75. The molecule has 0 aromatic heterocycles. The lowest BCUT2D eigenvalue weighted by Crippen LogP contribution is -2.54. The molecule has 1 fully saturated rings. The van der Waals surface area contributed by atoms with Gasteiger partial charge in [0.05, 0.1) is 0 Å². The molecule has 1 aromatic carbocycles. The van der Waals surface area contributed by atoms with Gasteiger partial charge in [-0.3, -0.25) is 4.90 Å². The Hall–Kier alpha value is -0.770. The van der Waals surface area contributed by atoms with Crippen molar-refractivity contribution in [3.8, 4) is 5.75 Å². The van der Waals surface area contributed by atoms with Crippen molar-refractivity contribution in [1.82, 2.24) is 10.2 Å². The van der Waals surface area contributed by atoms with Crippen LogP contribution in [0.2, 0.25) is 5.02 Å². The molecule has 1 N–H and O–H groups in total. The SMILES string of the molecule is CC1CN(CCOc2cccc(Cl)c2)CC(C)N1. The van der Waals surface area contributed by atoms with Crippen LogP contribution in [0.15, 0.2) is 24.3 Å². The summed E-state index contributed by atoms with van der Waals surface area (Å²) >= 11 is 5.91. The number of ether oxygens (including phenoxy) is 1. The first kappa shape index (κ1) is 13.7. The summed E-state index contributed by atoms with van der Waals surface area (Å²) in [7, 11) is 0. The number of rotatable bonds is 4. The van der Waals surface area contributed by atoms with Crippen LogP contribution < -0.4 is 10.1 Å². The maximum atomic E-state index is 5.91. The van der Waals surface area contributed by atoms with E-state index in [9.17, 15) is 0 Å². The number of hydrogen-bond acceptors (Lipinski definition) is 3. The highest BCUT2D eigenvalue weighted by molar-refractivity contribution is 6.30. The van der Waals surface area contributed by atoms with Crippen molar-refractivity contribution in [3.05, 3.63) is 29.3 Å². The third kappa shape index (κ3) is 4.16. The van der Waals surface area contributed by atoms with Crippen LogP contribution in [0, 0.1) is 0 Å². The number of nitrogens with one attached hydrogen (secondary N) is 1. The smallest absolute Gasteiger partial charge is 0.120 e. The third-order valence-electron chi connectivity index (χ3n) is 3.11. The Labute approximate surface area is 114 Å². The van der Waals surface area contributed by atoms with Crippen molar-refractivity contribution in [2.75, 3.05) is 26.2 Å². The van der Waals surface area contributed by atoms with Gasteiger partial charge in [0, 0.05) is 36.7 Å². The predicted molar refractivity (Wildman–Crippen MR) is 75.4 cm³/mol. The maximum absolute atomic E-state index is 5.91. The van der Waals surface area contributed by atoms with Crippen LogP contribution in [0.1, 0.15) is 13.8 Å². The molecular weight excluding hydrogens is 248 g/mol. The van der Waals surface area contributed by atoms with Gasteiger partial charge in [-0.1, -0.05) is 17.7 Å². The van der Waals surface area contributed by atoms with Gasteiger partial charge in [0.15, 0.2) is 0 Å². The minimum atomic E-state index is 0.555. The summed E-state index contributed by atoms with van der Waals surface area (Å²) in [6.45, 7) is 8.29. The topological polar surface area (TPSA) is 24.5 Å². The molecule has 3 nitrogen and oxygen atoms in total. The molecule has 0 aliphatic carbocycles. The third-order valence-corrected chi connectivity index (χ3v) is 3.34. The van der Waals surface area contributed by atoms with Gasteiger partial charge in [0.25, 0.3) is 0 Å². The second-order valence-electron chi connectivity index (χ2n) is 5.03. The zero-order valence-corrected chi connectivity index (χ0v) is 11.8. The number of halogens is 1. The van der Waals surface area contributed by atoms with Gasteiger partial charge < -0.3 is 10.1 Å². The van der Waals surface area contributed by atoms with Crippen LogP contribution in [-0.2, 0) is 0 Å². The van der Waals surface area contributed by atoms with Crippen molar-refractivity contribution in [3.63, 3.8) is 0 Å². The molecule has 100 valence electrons. The summed E-state index contributed by atoms with van der Waals surface area (Å²) in [5, 5.41) is 4.24. The van der Waals surface area contributed by atoms with Crippen LogP contribution in [0.4, 0.5) is 0 Å². The molecule has 2 rings (SSSR count). The normalized spacial score (nSPS) is 25.1. The molecule has 0 bridgehead atoms. The fourth-order valence-electron chi connectivity index (χ4n) is 2.47. The van der Waals surface area contributed by atoms with E-state index in [2.05, 4.69) is 24.1 Å². The highest BCUT2D eigenvalue weighted by Gasteiger charge is 2.20. The largest absolute Gasteiger partial charge is 0.492 e. The first-order chi connectivity index (χ1) is 8.63. The van der Waals surface area contributed by atoms with E-state index < -0.39 is 0 Å². The lowest BCUT2D eigenvalue weighted by atomic mass is 10.1. The van der Waals surface area contributed by atoms with E-state index in [0.717, 1.165) is 30.4 Å². The molecule has 1 aromatic rings. The van der Waals surface area contributed by atoms with Gasteiger partial charge in [-0.05, 0) is 32.0 Å². The van der Waals surface area contributed by atoms with Gasteiger partial charge in [-0.15, -0.1) is 0 Å². The van der Waals surface area contributed by atoms with Gasteiger partial charge in [-0.25, -0.2) is 0 Å². The molecule has 0 spiro atoms. The van der Waals surface area contributed by atoms with Crippen molar-refractivity contribution >= 4 is 11.6 Å². The van der Waals surface area contributed by atoms with E-state index in [-0.39, 0.29) is 0 Å². The lowest BCUT2D eigenvalue weighted by Gasteiger charge is -2.35. The van der Waals surface area contributed by atoms with Gasteiger partial charge in [0.2, 0.25) is 0 Å². The second kappa shape index (κ2) is 6.41. The Morgan fingerprint density at radius 3 is 2.72 bits per heavy atom. The minimum absolute atomic E-state index is 0.555. The quantitative estimate of drug-likeness (QED) is 0.908. The molecule has 4 heteroatoms. The molecule has 18 heavy (non-hydrogen) atoms. The molecule has 0 radical (unpaired) electrons. The average molecular weight is 269 g/mol. The summed E-state index contributed by atoms with van der Waals surface area (Å²) in [6, 6.07) is 8.67. The van der Waals surface area contributed by atoms with Crippen molar-refractivity contribution in [1.29, 1.82) is 0 Å². The monoisotopic (exact) mass is 268 g/mol. The number of nitrogens with zero attached hydrogens (tertiary/aromatic N) is 1. The molecule has 1 saturated heterocycles. The lowest BCUT2D eigenvalue weighted by molar-refractivity contribution is 0.146. The number of benzene rings is 1. The number of hydrogen-bond donors (Lipinski definition) is 1. The molecule has 0 amide bonds. The minimum Gasteiger partial charge on any atom is -0.492 e. The fourth-order valence-corrected chi connectivity index (χ4v) is 2.65. The summed E-state index contributed by atoms with van der Waals surface area (Å²) in [5.74, 6) is 0.846. The summed E-state index contributed by atoms with van der Waals surface area (Å²) in [6.07, 6.45) is 0. The Morgan fingerprint density at radius 2 is 2.06 bits per heavy atom. The van der Waals surface area contributed by atoms with Crippen LogP contribution in [-0.4, -0.2) is 43.2 Å². The highest BCUT2D eigenvalue weighted by atomic mass is 35.5. The first-order valence-electron chi connectivity index (χ1n) is 6.50. The number of piperazine rings is 1. The summed E-state index contributed by atoms with van der Waals surface area (Å²) in [5.41, 5.74) is 0. The first-order valence-corrected chi connectivity index (χ1v) is 6.88. The molecule has 2 unspecified atom stereocenters. The Morgan fingerprint density at radius 1 is 1.33 bits per heavy atom. The maximum Gasteiger partial charge on any atom is 0.120 e. The Bertz CT molecular complexity index is 376. The van der Waals surface area contributed by atoms with E-state index in [0.29, 0.717) is 18.7 Å². The average Bonchev–Trinajstić information content (AvgIpc) is 2.27. The second-order valence-corrected chi connectivity index (χ2v) is 5.47. The van der Waals surface area contributed by atoms with Crippen LogP contribution in [0.3, 0.4) is 0 Å². The van der Waals surface area contributed by atoms with Crippen LogP contribution in [0.25, 0.3) is 0 Å². The molecule has 1 heterocycles. The standard InChI is InChI=1S/C14H21ClN2O/c1-11-9-17(10-12(2)16-11)6-7-18-14-5-3-4-13(15)8-14/h3-5,8,11-12,16H,6-7,9-10H2,1-2H3. The molecule has 1 aliphatic rings. The van der Waals surface area contributed by atoms with E-state index in [4.69, 9.17) is 16.3 Å². The highest BCUT2D eigenvalue weighted by Crippen LogP contribution is 2.17.